The summed E-state index contributed by atoms with van der Waals surface area (Å²) >= 11 is 0. The van der Waals surface area contributed by atoms with E-state index in [-0.39, 0.29) is 16.9 Å². The number of H-pyrrole nitrogens is 1. The van der Waals surface area contributed by atoms with Gasteiger partial charge in [0.25, 0.3) is 17.4 Å². The molecule has 0 saturated carbocycles. The Kier molecular flexibility index (Phi) is 3.98. The molecule has 1 heterocycles. The first-order valence-electron chi connectivity index (χ1n) is 7.06. The third kappa shape index (κ3) is 2.95. The van der Waals surface area contributed by atoms with Crippen molar-refractivity contribution in [3.05, 3.63) is 76.2 Å². The molecule has 24 heavy (non-hydrogen) atoms. The van der Waals surface area contributed by atoms with E-state index in [9.17, 15) is 19.5 Å². The molecule has 0 unspecified atom stereocenters. The number of aromatic hydroxyl groups is 1. The zero-order valence-electron chi connectivity index (χ0n) is 12.4. The van der Waals surface area contributed by atoms with E-state index >= 15 is 0 Å². The summed E-state index contributed by atoms with van der Waals surface area (Å²) in [6.45, 7) is 0. The van der Waals surface area contributed by atoms with Gasteiger partial charge in [-0.25, -0.2) is 0 Å². The smallest absolute Gasteiger partial charge is 0.275 e. The first-order chi connectivity index (χ1) is 11.6. The van der Waals surface area contributed by atoms with Crippen LogP contribution in [0.2, 0.25) is 0 Å². The molecule has 2 amide bonds. The summed E-state index contributed by atoms with van der Waals surface area (Å²) in [4.78, 5) is 37.9. The predicted molar refractivity (Wildman–Crippen MR) is 87.6 cm³/mol. The average molecular weight is 323 g/mol. The van der Waals surface area contributed by atoms with Gasteiger partial charge in [0, 0.05) is 6.20 Å². The lowest BCUT2D eigenvalue weighted by molar-refractivity contribution is 0.0844. The van der Waals surface area contributed by atoms with Crippen LogP contribution >= 0.6 is 0 Å². The maximum absolute atomic E-state index is 12.2. The van der Waals surface area contributed by atoms with E-state index in [1.807, 2.05) is 12.1 Å². The van der Waals surface area contributed by atoms with Crippen LogP contribution in [-0.2, 0) is 0 Å². The van der Waals surface area contributed by atoms with Crippen molar-refractivity contribution in [2.24, 2.45) is 0 Å². The van der Waals surface area contributed by atoms with E-state index < -0.39 is 17.4 Å². The van der Waals surface area contributed by atoms with Gasteiger partial charge in [0.15, 0.2) is 0 Å². The maximum Gasteiger partial charge on any atom is 0.275 e. The Hall–Kier alpha value is -3.61. The van der Waals surface area contributed by atoms with E-state index in [1.54, 1.807) is 12.1 Å². The number of phenols is 1. The zero-order valence-corrected chi connectivity index (χ0v) is 12.4. The number of carbonyl (C=O) groups is 2. The van der Waals surface area contributed by atoms with Crippen molar-refractivity contribution in [1.82, 2.24) is 15.8 Å². The standard InChI is InChI=1S/C17H13N3O4/c21-14-9-11-5-2-1-4-10(11)8-13(14)17(24)20-19-16(23)12-6-3-7-18-15(12)22/h1-9,21H,(H,18,22)(H,19,23)(H,20,24). The van der Waals surface area contributed by atoms with Gasteiger partial charge in [-0.15, -0.1) is 0 Å². The minimum absolute atomic E-state index is 0.0102. The molecule has 3 aromatic rings. The van der Waals surface area contributed by atoms with Crippen LogP contribution in [0.1, 0.15) is 20.7 Å². The van der Waals surface area contributed by atoms with Gasteiger partial charge in [-0.3, -0.25) is 25.2 Å². The molecule has 0 radical (unpaired) electrons. The largest absolute Gasteiger partial charge is 0.507 e. The average Bonchev–Trinajstić information content (AvgIpc) is 2.59. The fourth-order valence-electron chi connectivity index (χ4n) is 2.26. The highest BCUT2D eigenvalue weighted by atomic mass is 16.3. The maximum atomic E-state index is 12.2. The van der Waals surface area contributed by atoms with Crippen LogP contribution < -0.4 is 16.4 Å². The number of carbonyl (C=O) groups excluding carboxylic acids is 2. The van der Waals surface area contributed by atoms with Crippen LogP contribution in [0.5, 0.6) is 5.75 Å². The highest BCUT2D eigenvalue weighted by Crippen LogP contribution is 2.24. The fourth-order valence-corrected chi connectivity index (χ4v) is 2.26. The molecule has 1 aromatic heterocycles. The van der Waals surface area contributed by atoms with Crippen LogP contribution in [0.25, 0.3) is 10.8 Å². The Morgan fingerprint density at radius 1 is 0.875 bits per heavy atom. The third-order valence-electron chi connectivity index (χ3n) is 3.46. The quantitative estimate of drug-likeness (QED) is 0.533. The Morgan fingerprint density at radius 2 is 1.50 bits per heavy atom. The second-order valence-corrected chi connectivity index (χ2v) is 5.04. The van der Waals surface area contributed by atoms with Crippen LogP contribution in [0.15, 0.2) is 59.5 Å². The molecule has 7 nitrogen and oxygen atoms in total. The number of fused-ring (bicyclic) bond motifs is 1. The molecule has 0 atom stereocenters. The van der Waals surface area contributed by atoms with Gasteiger partial charge in [0.1, 0.15) is 11.3 Å². The Balaban J connectivity index is 1.78. The molecule has 2 aromatic carbocycles. The van der Waals surface area contributed by atoms with Crippen LogP contribution in [0.4, 0.5) is 0 Å². The molecule has 0 saturated heterocycles. The normalized spacial score (nSPS) is 10.3. The molecular weight excluding hydrogens is 310 g/mol. The summed E-state index contributed by atoms with van der Waals surface area (Å²) in [5, 5.41) is 11.5. The SMILES string of the molecule is O=C(NNC(=O)c1ccc[nH]c1=O)c1cc2ccccc2cc1O. The van der Waals surface area contributed by atoms with Crippen molar-refractivity contribution < 1.29 is 14.7 Å². The van der Waals surface area contributed by atoms with Crippen molar-refractivity contribution in [2.45, 2.75) is 0 Å². The molecule has 3 rings (SSSR count). The zero-order chi connectivity index (χ0) is 17.1. The van der Waals surface area contributed by atoms with E-state index in [0.717, 1.165) is 10.8 Å². The minimum Gasteiger partial charge on any atom is -0.507 e. The molecular formula is C17H13N3O4. The topological polar surface area (TPSA) is 111 Å². The van der Waals surface area contributed by atoms with E-state index in [4.69, 9.17) is 0 Å². The molecule has 0 spiro atoms. The number of aromatic nitrogens is 1. The molecule has 4 N–H and O–H groups in total. The highest BCUT2D eigenvalue weighted by Gasteiger charge is 2.15. The number of hydrazine groups is 1. The first-order valence-corrected chi connectivity index (χ1v) is 7.06. The summed E-state index contributed by atoms with van der Waals surface area (Å²) in [5.41, 5.74) is 3.62. The van der Waals surface area contributed by atoms with Crippen LogP contribution in [0.3, 0.4) is 0 Å². The molecule has 0 aliphatic heterocycles. The lowest BCUT2D eigenvalue weighted by atomic mass is 10.1. The summed E-state index contributed by atoms with van der Waals surface area (Å²) in [5.74, 6) is -1.66. The molecule has 7 heteroatoms. The summed E-state index contributed by atoms with van der Waals surface area (Å²) < 4.78 is 0. The Morgan fingerprint density at radius 3 is 2.17 bits per heavy atom. The van der Waals surface area contributed by atoms with Gasteiger partial charge >= 0.3 is 0 Å². The van der Waals surface area contributed by atoms with Crippen molar-refractivity contribution in [2.75, 3.05) is 0 Å². The van der Waals surface area contributed by atoms with Crippen molar-refractivity contribution in [3.63, 3.8) is 0 Å². The van der Waals surface area contributed by atoms with Gasteiger partial charge in [-0.2, -0.15) is 0 Å². The Bertz CT molecular complexity index is 994. The predicted octanol–water partition coefficient (Wildman–Crippen LogP) is 1.31. The van der Waals surface area contributed by atoms with Crippen molar-refractivity contribution in [3.8, 4) is 5.75 Å². The number of phenolic OH excluding ortho intramolecular Hbond substituents is 1. The van der Waals surface area contributed by atoms with Gasteiger partial charge in [-0.05, 0) is 35.0 Å². The molecule has 0 aliphatic carbocycles. The van der Waals surface area contributed by atoms with Crippen LogP contribution in [-0.4, -0.2) is 21.9 Å². The Labute approximate surface area is 135 Å². The number of nitrogens with one attached hydrogen (secondary N) is 3. The summed E-state index contributed by atoms with van der Waals surface area (Å²) in [6, 6.07) is 13.0. The fraction of sp³-hybridized carbons (Fsp3) is 0. The monoisotopic (exact) mass is 323 g/mol. The van der Waals surface area contributed by atoms with E-state index in [2.05, 4.69) is 15.8 Å². The minimum atomic E-state index is -0.759. The number of rotatable bonds is 2. The number of aromatic amines is 1. The summed E-state index contributed by atoms with van der Waals surface area (Å²) in [6.07, 6.45) is 1.39. The first kappa shape index (κ1) is 15.3. The van der Waals surface area contributed by atoms with Gasteiger partial charge < -0.3 is 10.1 Å². The second kappa shape index (κ2) is 6.25. The van der Waals surface area contributed by atoms with E-state index in [1.165, 1.54) is 30.5 Å². The number of hydrogen-bond acceptors (Lipinski definition) is 4. The second-order valence-electron chi connectivity index (χ2n) is 5.04. The number of pyridine rings is 1. The molecule has 0 fully saturated rings. The summed E-state index contributed by atoms with van der Waals surface area (Å²) in [7, 11) is 0. The highest BCUT2D eigenvalue weighted by molar-refractivity contribution is 6.03. The lowest BCUT2D eigenvalue weighted by Gasteiger charge is -2.09. The van der Waals surface area contributed by atoms with E-state index in [0.29, 0.717) is 0 Å². The molecule has 120 valence electrons. The lowest BCUT2D eigenvalue weighted by Crippen LogP contribution is -2.43. The third-order valence-corrected chi connectivity index (χ3v) is 3.46. The number of hydrogen-bond donors (Lipinski definition) is 4. The van der Waals surface area contributed by atoms with Crippen molar-refractivity contribution >= 4 is 22.6 Å². The van der Waals surface area contributed by atoms with Gasteiger partial charge in [0.05, 0.1) is 5.56 Å². The van der Waals surface area contributed by atoms with Gasteiger partial charge in [-0.1, -0.05) is 24.3 Å². The molecule has 0 bridgehead atoms. The van der Waals surface area contributed by atoms with Gasteiger partial charge in [0.2, 0.25) is 0 Å². The molecule has 0 aliphatic rings. The van der Waals surface area contributed by atoms with Crippen LogP contribution in [0, 0.1) is 0 Å². The number of amides is 2. The number of benzene rings is 2. The van der Waals surface area contributed by atoms with Crippen molar-refractivity contribution in [1.29, 1.82) is 0 Å².